The molecule has 3 amide bonds. The van der Waals surface area contributed by atoms with Crippen LogP contribution in [0.3, 0.4) is 0 Å². The second kappa shape index (κ2) is 8.30. The zero-order valence-electron chi connectivity index (χ0n) is 15.8. The summed E-state index contributed by atoms with van der Waals surface area (Å²) < 4.78 is 0. The number of benzene rings is 1. The molecular formula is C20H26ClN3O3. The molecule has 0 radical (unpaired) electrons. The molecule has 1 unspecified atom stereocenters. The quantitative estimate of drug-likeness (QED) is 0.808. The number of carbonyl (C=O) groups excluding carboxylic acids is 3. The predicted molar refractivity (Wildman–Crippen MR) is 105 cm³/mol. The van der Waals surface area contributed by atoms with Crippen molar-refractivity contribution >= 4 is 35.0 Å². The molecule has 1 saturated carbocycles. The van der Waals surface area contributed by atoms with Crippen LogP contribution in [-0.4, -0.2) is 41.2 Å². The van der Waals surface area contributed by atoms with Crippen molar-refractivity contribution in [1.29, 1.82) is 0 Å². The molecule has 1 atom stereocenters. The molecule has 3 rings (SSSR count). The second-order valence-electron chi connectivity index (χ2n) is 7.70. The second-order valence-corrected chi connectivity index (χ2v) is 8.10. The zero-order chi connectivity index (χ0) is 19.6. The molecule has 0 aromatic heterocycles. The summed E-state index contributed by atoms with van der Waals surface area (Å²) >= 11 is 6.19. The molecule has 1 aliphatic carbocycles. The molecule has 2 fully saturated rings. The number of hydrogen-bond acceptors (Lipinski definition) is 3. The Hall–Kier alpha value is -2.08. The van der Waals surface area contributed by atoms with Crippen LogP contribution in [0.25, 0.3) is 0 Å². The van der Waals surface area contributed by atoms with Crippen LogP contribution in [0.1, 0.15) is 56.3 Å². The Morgan fingerprint density at radius 2 is 1.93 bits per heavy atom. The molecule has 2 N–H and O–H groups in total. The first-order chi connectivity index (χ1) is 12.8. The normalized spacial score (nSPS) is 20.4. The van der Waals surface area contributed by atoms with Gasteiger partial charge >= 0.3 is 0 Å². The highest BCUT2D eigenvalue weighted by Crippen LogP contribution is 2.31. The molecule has 7 heteroatoms. The highest BCUT2D eigenvalue weighted by Gasteiger charge is 2.38. The Balaban J connectivity index is 1.67. The number of carbonyl (C=O) groups is 3. The maximum absolute atomic E-state index is 12.7. The monoisotopic (exact) mass is 391 g/mol. The summed E-state index contributed by atoms with van der Waals surface area (Å²) in [6.07, 6.45) is 4.57. The summed E-state index contributed by atoms with van der Waals surface area (Å²) in [5.41, 5.74) is 0.823. The van der Waals surface area contributed by atoms with Crippen molar-refractivity contribution in [2.75, 3.05) is 11.9 Å². The van der Waals surface area contributed by atoms with Crippen LogP contribution in [0.2, 0.25) is 5.02 Å². The van der Waals surface area contributed by atoms with Gasteiger partial charge in [0.25, 0.3) is 5.91 Å². The summed E-state index contributed by atoms with van der Waals surface area (Å²) in [5.74, 6) is -0.784. The summed E-state index contributed by atoms with van der Waals surface area (Å²) in [7, 11) is 0. The van der Waals surface area contributed by atoms with Crippen molar-refractivity contribution in [2.45, 2.75) is 58.0 Å². The van der Waals surface area contributed by atoms with E-state index in [0.29, 0.717) is 22.8 Å². The number of amides is 3. The molecule has 1 aromatic rings. The maximum atomic E-state index is 12.7. The van der Waals surface area contributed by atoms with E-state index in [1.54, 1.807) is 18.2 Å². The van der Waals surface area contributed by atoms with Gasteiger partial charge < -0.3 is 15.5 Å². The van der Waals surface area contributed by atoms with Crippen LogP contribution in [0.5, 0.6) is 0 Å². The molecule has 1 aromatic carbocycles. The van der Waals surface area contributed by atoms with E-state index in [1.807, 2.05) is 18.7 Å². The minimum atomic E-state index is -0.387. The summed E-state index contributed by atoms with van der Waals surface area (Å²) in [4.78, 5) is 39.0. The number of hydrogen-bond donors (Lipinski definition) is 2. The van der Waals surface area contributed by atoms with Crippen molar-refractivity contribution in [3.63, 3.8) is 0 Å². The third-order valence-electron chi connectivity index (χ3n) is 5.20. The Morgan fingerprint density at radius 3 is 2.59 bits per heavy atom. The Labute approximate surface area is 164 Å². The topological polar surface area (TPSA) is 78.5 Å². The summed E-state index contributed by atoms with van der Waals surface area (Å²) in [5, 5.41) is 5.98. The van der Waals surface area contributed by atoms with Gasteiger partial charge in [0.15, 0.2) is 0 Å². The molecule has 146 valence electrons. The fourth-order valence-corrected chi connectivity index (χ4v) is 3.98. The van der Waals surface area contributed by atoms with Crippen LogP contribution in [0.15, 0.2) is 18.2 Å². The van der Waals surface area contributed by atoms with E-state index in [-0.39, 0.29) is 42.1 Å². The molecule has 27 heavy (non-hydrogen) atoms. The van der Waals surface area contributed by atoms with Gasteiger partial charge in [-0.25, -0.2) is 0 Å². The van der Waals surface area contributed by atoms with Gasteiger partial charge in [-0.3, -0.25) is 14.4 Å². The highest BCUT2D eigenvalue weighted by atomic mass is 35.5. The van der Waals surface area contributed by atoms with Gasteiger partial charge in [-0.05, 0) is 44.9 Å². The lowest BCUT2D eigenvalue weighted by molar-refractivity contribution is -0.129. The first-order valence-electron chi connectivity index (χ1n) is 9.56. The van der Waals surface area contributed by atoms with Gasteiger partial charge in [0.2, 0.25) is 11.8 Å². The van der Waals surface area contributed by atoms with Crippen molar-refractivity contribution in [3.05, 3.63) is 28.8 Å². The van der Waals surface area contributed by atoms with E-state index in [4.69, 9.17) is 11.6 Å². The number of rotatable bonds is 5. The van der Waals surface area contributed by atoms with Crippen LogP contribution in [0, 0.1) is 5.92 Å². The maximum Gasteiger partial charge on any atom is 0.251 e. The Kier molecular flexibility index (Phi) is 6.05. The van der Waals surface area contributed by atoms with Crippen LogP contribution in [-0.2, 0) is 9.59 Å². The average Bonchev–Trinajstić information content (AvgIpc) is 3.25. The number of likely N-dealkylation sites (tertiary alicyclic amines) is 1. The van der Waals surface area contributed by atoms with E-state index in [2.05, 4.69) is 10.6 Å². The largest absolute Gasteiger partial charge is 0.350 e. The lowest BCUT2D eigenvalue weighted by Gasteiger charge is -2.23. The summed E-state index contributed by atoms with van der Waals surface area (Å²) in [6.45, 7) is 4.22. The zero-order valence-corrected chi connectivity index (χ0v) is 16.5. The third-order valence-corrected chi connectivity index (χ3v) is 5.53. The molecule has 6 nitrogen and oxygen atoms in total. The van der Waals surface area contributed by atoms with Gasteiger partial charge in [0.1, 0.15) is 0 Å². The van der Waals surface area contributed by atoms with E-state index in [1.165, 1.54) is 0 Å². The smallest absolute Gasteiger partial charge is 0.251 e. The number of nitrogens with zero attached hydrogens (tertiary/aromatic N) is 1. The van der Waals surface area contributed by atoms with E-state index in [0.717, 1.165) is 25.7 Å². The van der Waals surface area contributed by atoms with Crippen molar-refractivity contribution in [1.82, 2.24) is 10.2 Å². The van der Waals surface area contributed by atoms with Gasteiger partial charge in [0, 0.05) is 30.6 Å². The molecule has 1 saturated heterocycles. The standard InChI is InChI=1S/C20H26ClN3O3/c1-12(2)22-19(26)13-7-8-16(21)17(9-13)23-20(27)14-10-18(25)24(11-14)15-5-3-4-6-15/h7-9,12,14-15H,3-6,10-11H2,1-2H3,(H,22,26)(H,23,27). The number of anilines is 1. The first kappa shape index (κ1) is 19.7. The van der Waals surface area contributed by atoms with Crippen LogP contribution in [0.4, 0.5) is 5.69 Å². The number of halogens is 1. The van der Waals surface area contributed by atoms with Gasteiger partial charge in [-0.1, -0.05) is 24.4 Å². The Bertz CT molecular complexity index is 744. The van der Waals surface area contributed by atoms with E-state index in [9.17, 15) is 14.4 Å². The van der Waals surface area contributed by atoms with Gasteiger partial charge in [0.05, 0.1) is 16.6 Å². The minimum Gasteiger partial charge on any atom is -0.350 e. The molecule has 2 aliphatic rings. The van der Waals surface area contributed by atoms with Crippen LogP contribution < -0.4 is 10.6 Å². The molecule has 0 bridgehead atoms. The van der Waals surface area contributed by atoms with E-state index < -0.39 is 0 Å². The lowest BCUT2D eigenvalue weighted by Crippen LogP contribution is -2.35. The SMILES string of the molecule is CC(C)NC(=O)c1ccc(Cl)c(NC(=O)C2CC(=O)N(C3CCCC3)C2)c1. The molecule has 0 spiro atoms. The van der Waals surface area contributed by atoms with Crippen molar-refractivity contribution in [3.8, 4) is 0 Å². The fourth-order valence-electron chi connectivity index (χ4n) is 3.82. The molecule has 1 aliphatic heterocycles. The van der Waals surface area contributed by atoms with Crippen molar-refractivity contribution < 1.29 is 14.4 Å². The molecule has 1 heterocycles. The Morgan fingerprint density at radius 1 is 1.22 bits per heavy atom. The van der Waals surface area contributed by atoms with Crippen LogP contribution >= 0.6 is 11.6 Å². The highest BCUT2D eigenvalue weighted by molar-refractivity contribution is 6.34. The van der Waals surface area contributed by atoms with Crippen molar-refractivity contribution in [2.24, 2.45) is 5.92 Å². The van der Waals surface area contributed by atoms with Gasteiger partial charge in [-0.2, -0.15) is 0 Å². The van der Waals surface area contributed by atoms with E-state index >= 15 is 0 Å². The lowest BCUT2D eigenvalue weighted by atomic mass is 10.1. The van der Waals surface area contributed by atoms with Gasteiger partial charge in [-0.15, -0.1) is 0 Å². The third kappa shape index (κ3) is 4.61. The molecular weight excluding hydrogens is 366 g/mol. The summed E-state index contributed by atoms with van der Waals surface area (Å²) in [6, 6.07) is 5.08. The fraction of sp³-hybridized carbons (Fsp3) is 0.550. The predicted octanol–water partition coefficient (Wildman–Crippen LogP) is 3.21. The average molecular weight is 392 g/mol. The number of nitrogens with one attached hydrogen (secondary N) is 2. The first-order valence-corrected chi connectivity index (χ1v) is 9.93. The minimum absolute atomic E-state index is 0.0114.